The molecule has 2 nitrogen and oxygen atoms in total. The summed E-state index contributed by atoms with van der Waals surface area (Å²) in [5.41, 5.74) is 0.286. The van der Waals surface area contributed by atoms with E-state index in [4.69, 9.17) is 0 Å². The van der Waals surface area contributed by atoms with E-state index < -0.39 is 0 Å². The van der Waals surface area contributed by atoms with Crippen LogP contribution < -0.4 is 5.32 Å². The molecule has 0 aromatic rings. The van der Waals surface area contributed by atoms with Gasteiger partial charge >= 0.3 is 0 Å². The smallest absolute Gasteiger partial charge is 0.220 e. The monoisotopic (exact) mass is 141 g/mol. The zero-order chi connectivity index (χ0) is 7.78. The van der Waals surface area contributed by atoms with Crippen LogP contribution in [0.4, 0.5) is 0 Å². The Labute approximate surface area is 62.0 Å². The molecule has 0 saturated carbocycles. The Morgan fingerprint density at radius 1 is 1.60 bits per heavy atom. The highest BCUT2D eigenvalue weighted by molar-refractivity contribution is 5.77. The molecule has 0 aromatic heterocycles. The number of amides is 1. The molecule has 1 N–H and O–H groups in total. The van der Waals surface area contributed by atoms with Crippen LogP contribution in [0.15, 0.2) is 0 Å². The van der Waals surface area contributed by atoms with Crippen LogP contribution in [-0.4, -0.2) is 12.5 Å². The van der Waals surface area contributed by atoms with Crippen molar-refractivity contribution in [2.24, 2.45) is 11.3 Å². The molecule has 1 fully saturated rings. The van der Waals surface area contributed by atoms with Crippen LogP contribution in [0.5, 0.6) is 0 Å². The van der Waals surface area contributed by atoms with E-state index in [1.54, 1.807) is 0 Å². The first-order chi connectivity index (χ1) is 4.52. The highest BCUT2D eigenvalue weighted by Crippen LogP contribution is 2.30. The van der Waals surface area contributed by atoms with Gasteiger partial charge in [-0.05, 0) is 11.3 Å². The molecule has 1 aliphatic heterocycles. The predicted molar refractivity (Wildman–Crippen MR) is 40.6 cm³/mol. The van der Waals surface area contributed by atoms with Gasteiger partial charge in [-0.25, -0.2) is 0 Å². The predicted octanol–water partition coefficient (Wildman–Crippen LogP) is 1.17. The summed E-state index contributed by atoms with van der Waals surface area (Å²) in [7, 11) is 0. The Morgan fingerprint density at radius 3 is 2.60 bits per heavy atom. The van der Waals surface area contributed by atoms with Gasteiger partial charge < -0.3 is 5.32 Å². The third-order valence-electron chi connectivity index (χ3n) is 2.57. The molecule has 0 unspecified atom stereocenters. The fourth-order valence-corrected chi connectivity index (χ4v) is 1.13. The third kappa shape index (κ3) is 1.31. The quantitative estimate of drug-likeness (QED) is 0.539. The number of carbonyl (C=O) groups is 1. The van der Waals surface area contributed by atoms with Gasteiger partial charge in [-0.2, -0.15) is 0 Å². The van der Waals surface area contributed by atoms with Crippen molar-refractivity contribution in [2.75, 3.05) is 6.54 Å². The van der Waals surface area contributed by atoms with Gasteiger partial charge in [0, 0.05) is 13.0 Å². The van der Waals surface area contributed by atoms with Crippen molar-refractivity contribution >= 4 is 5.91 Å². The van der Waals surface area contributed by atoms with Crippen molar-refractivity contribution in [1.29, 1.82) is 0 Å². The molecule has 1 aliphatic rings. The van der Waals surface area contributed by atoms with Gasteiger partial charge in [0.2, 0.25) is 5.91 Å². The average Bonchev–Trinajstić information content (AvgIpc) is 1.81. The Bertz CT molecular complexity index is 151. The molecule has 0 bridgehead atoms. The minimum Gasteiger partial charge on any atom is -0.356 e. The zero-order valence-corrected chi connectivity index (χ0v) is 6.90. The van der Waals surface area contributed by atoms with Crippen LogP contribution >= 0.6 is 0 Å². The topological polar surface area (TPSA) is 29.1 Å². The number of carbonyl (C=O) groups excluding carboxylic acids is 1. The molecule has 1 amide bonds. The zero-order valence-electron chi connectivity index (χ0n) is 6.90. The maximum absolute atomic E-state index is 10.9. The molecule has 10 heavy (non-hydrogen) atoms. The molecule has 0 spiro atoms. The van der Waals surface area contributed by atoms with Gasteiger partial charge in [0.05, 0.1) is 0 Å². The first-order valence-electron chi connectivity index (χ1n) is 3.79. The van der Waals surface area contributed by atoms with E-state index in [-0.39, 0.29) is 11.3 Å². The molecular formula is C8H15NO. The summed E-state index contributed by atoms with van der Waals surface area (Å²) < 4.78 is 0. The molecular weight excluding hydrogens is 126 g/mol. The first kappa shape index (κ1) is 7.58. The number of hydrogen-bond donors (Lipinski definition) is 1. The minimum absolute atomic E-state index is 0.201. The average molecular weight is 141 g/mol. The lowest BCUT2D eigenvalue weighted by molar-refractivity contribution is -0.125. The molecule has 0 radical (unpaired) electrons. The van der Waals surface area contributed by atoms with Crippen LogP contribution in [-0.2, 0) is 4.79 Å². The summed E-state index contributed by atoms with van der Waals surface area (Å²) in [6.07, 6.45) is 0.687. The van der Waals surface area contributed by atoms with Crippen molar-refractivity contribution in [3.63, 3.8) is 0 Å². The van der Waals surface area contributed by atoms with E-state index in [2.05, 4.69) is 26.1 Å². The number of rotatable bonds is 0. The van der Waals surface area contributed by atoms with Gasteiger partial charge in [-0.1, -0.05) is 20.8 Å². The molecule has 0 aromatic carbocycles. The van der Waals surface area contributed by atoms with Crippen molar-refractivity contribution < 1.29 is 4.79 Å². The number of piperidine rings is 1. The van der Waals surface area contributed by atoms with E-state index >= 15 is 0 Å². The molecule has 0 aliphatic carbocycles. The van der Waals surface area contributed by atoms with Crippen LogP contribution in [0.1, 0.15) is 27.2 Å². The maximum atomic E-state index is 10.9. The highest BCUT2D eigenvalue weighted by Gasteiger charge is 2.31. The Hall–Kier alpha value is -0.530. The lowest BCUT2D eigenvalue weighted by Crippen LogP contribution is -2.44. The molecule has 1 saturated heterocycles. The second kappa shape index (κ2) is 2.26. The lowest BCUT2D eigenvalue weighted by Gasteiger charge is -2.36. The first-order valence-corrected chi connectivity index (χ1v) is 3.79. The fraction of sp³-hybridized carbons (Fsp3) is 0.875. The summed E-state index contributed by atoms with van der Waals surface area (Å²) in [4.78, 5) is 10.9. The van der Waals surface area contributed by atoms with E-state index in [0.717, 1.165) is 6.54 Å². The summed E-state index contributed by atoms with van der Waals surface area (Å²) >= 11 is 0. The van der Waals surface area contributed by atoms with Crippen molar-refractivity contribution in [1.82, 2.24) is 5.32 Å². The van der Waals surface area contributed by atoms with E-state index in [9.17, 15) is 4.79 Å². The van der Waals surface area contributed by atoms with E-state index in [1.165, 1.54) is 0 Å². The number of hydrogen-bond acceptors (Lipinski definition) is 1. The molecule has 1 heterocycles. The summed E-state index contributed by atoms with van der Waals surface area (Å²) in [5, 5.41) is 2.86. The Balaban J connectivity index is 2.60. The Kier molecular flexibility index (Phi) is 1.71. The fourth-order valence-electron chi connectivity index (χ4n) is 1.13. The van der Waals surface area contributed by atoms with Crippen molar-refractivity contribution in [3.8, 4) is 0 Å². The minimum atomic E-state index is 0.201. The van der Waals surface area contributed by atoms with Gasteiger partial charge in [-0.15, -0.1) is 0 Å². The second-order valence-electron chi connectivity index (χ2n) is 3.87. The normalized spacial score (nSPS) is 31.5. The second-order valence-corrected chi connectivity index (χ2v) is 3.87. The molecule has 1 atom stereocenters. The van der Waals surface area contributed by atoms with Crippen LogP contribution in [0.25, 0.3) is 0 Å². The van der Waals surface area contributed by atoms with Gasteiger partial charge in [-0.3, -0.25) is 4.79 Å². The van der Waals surface area contributed by atoms with Crippen LogP contribution in [0, 0.1) is 11.3 Å². The maximum Gasteiger partial charge on any atom is 0.220 e. The standard InChI is InChI=1S/C8H15NO/c1-6-4-7(10)9-5-8(6,2)3/h6H,4-5H2,1-3H3,(H,9,10)/t6-/m1/s1. The third-order valence-corrected chi connectivity index (χ3v) is 2.57. The van der Waals surface area contributed by atoms with E-state index in [0.29, 0.717) is 12.3 Å². The van der Waals surface area contributed by atoms with Crippen LogP contribution in [0.3, 0.4) is 0 Å². The Morgan fingerprint density at radius 2 is 2.20 bits per heavy atom. The molecule has 58 valence electrons. The lowest BCUT2D eigenvalue weighted by atomic mass is 9.76. The SMILES string of the molecule is C[C@@H]1CC(=O)NCC1(C)C. The van der Waals surface area contributed by atoms with Crippen molar-refractivity contribution in [3.05, 3.63) is 0 Å². The highest BCUT2D eigenvalue weighted by atomic mass is 16.1. The van der Waals surface area contributed by atoms with Gasteiger partial charge in [0.15, 0.2) is 0 Å². The largest absolute Gasteiger partial charge is 0.356 e. The summed E-state index contributed by atoms with van der Waals surface area (Å²) in [5.74, 6) is 0.716. The van der Waals surface area contributed by atoms with Crippen molar-refractivity contribution in [2.45, 2.75) is 27.2 Å². The molecule has 2 heteroatoms. The van der Waals surface area contributed by atoms with Gasteiger partial charge in [0.1, 0.15) is 0 Å². The van der Waals surface area contributed by atoms with Gasteiger partial charge in [0.25, 0.3) is 0 Å². The van der Waals surface area contributed by atoms with Crippen LogP contribution in [0.2, 0.25) is 0 Å². The number of nitrogens with one attached hydrogen (secondary N) is 1. The summed E-state index contributed by atoms with van der Waals surface area (Å²) in [6, 6.07) is 0. The van der Waals surface area contributed by atoms with E-state index in [1.807, 2.05) is 0 Å². The molecule has 1 rings (SSSR count). The summed E-state index contributed by atoms with van der Waals surface area (Å²) in [6.45, 7) is 7.35.